The molecule has 3 heteroatoms. The van der Waals surface area contributed by atoms with Gasteiger partial charge in [-0.15, -0.1) is 0 Å². The fraction of sp³-hybridized carbons (Fsp3) is 0.273. The molecule has 0 aliphatic heterocycles. The van der Waals surface area contributed by atoms with Crippen LogP contribution in [-0.2, 0) is 0 Å². The number of benzene rings is 1. The van der Waals surface area contributed by atoms with E-state index >= 15 is 0 Å². The zero-order valence-electron chi connectivity index (χ0n) is 8.11. The Kier molecular flexibility index (Phi) is 4.30. The Morgan fingerprint density at radius 3 is 2.79 bits per heavy atom. The Labute approximate surface area is 94.7 Å². The highest BCUT2D eigenvalue weighted by Gasteiger charge is 2.02. The van der Waals surface area contributed by atoms with E-state index in [1.165, 1.54) is 0 Å². The first-order valence-corrected chi connectivity index (χ1v) is 5.25. The number of hydrogen-bond donors (Lipinski definition) is 1. The van der Waals surface area contributed by atoms with E-state index in [9.17, 15) is 0 Å². The van der Waals surface area contributed by atoms with E-state index in [0.29, 0.717) is 10.0 Å². The molecule has 0 bridgehead atoms. The summed E-state index contributed by atoms with van der Waals surface area (Å²) in [6, 6.07) is 5.53. The molecule has 0 aliphatic rings. The van der Waals surface area contributed by atoms with Crippen molar-refractivity contribution in [1.29, 1.82) is 0 Å². The van der Waals surface area contributed by atoms with Crippen molar-refractivity contribution < 1.29 is 0 Å². The number of nitrogens with one attached hydrogen (secondary N) is 1. The Hall–Kier alpha value is -0.660. The van der Waals surface area contributed by atoms with Gasteiger partial charge in [-0.25, -0.2) is 0 Å². The second-order valence-corrected chi connectivity index (χ2v) is 3.84. The SMILES string of the molecule is C=C(CC)CNc1cccc(Cl)c1Cl. The van der Waals surface area contributed by atoms with Crippen molar-refractivity contribution in [2.24, 2.45) is 0 Å². The van der Waals surface area contributed by atoms with Crippen molar-refractivity contribution in [3.8, 4) is 0 Å². The molecule has 1 rings (SSSR count). The van der Waals surface area contributed by atoms with Crippen LogP contribution in [0.4, 0.5) is 5.69 Å². The summed E-state index contributed by atoms with van der Waals surface area (Å²) in [5.41, 5.74) is 2.00. The lowest BCUT2D eigenvalue weighted by atomic mass is 10.2. The van der Waals surface area contributed by atoms with Gasteiger partial charge in [-0.3, -0.25) is 0 Å². The lowest BCUT2D eigenvalue weighted by Gasteiger charge is -2.09. The van der Waals surface area contributed by atoms with Crippen LogP contribution < -0.4 is 5.32 Å². The zero-order chi connectivity index (χ0) is 10.6. The molecular weight excluding hydrogens is 217 g/mol. The molecule has 0 aromatic heterocycles. The van der Waals surface area contributed by atoms with E-state index in [1.54, 1.807) is 6.07 Å². The van der Waals surface area contributed by atoms with Crippen molar-refractivity contribution in [2.75, 3.05) is 11.9 Å². The Bertz CT molecular complexity index is 334. The van der Waals surface area contributed by atoms with Crippen LogP contribution in [-0.4, -0.2) is 6.54 Å². The molecule has 0 saturated carbocycles. The summed E-state index contributed by atoms with van der Waals surface area (Å²) < 4.78 is 0. The van der Waals surface area contributed by atoms with Crippen molar-refractivity contribution in [1.82, 2.24) is 0 Å². The normalized spacial score (nSPS) is 9.93. The van der Waals surface area contributed by atoms with Gasteiger partial charge >= 0.3 is 0 Å². The van der Waals surface area contributed by atoms with Gasteiger partial charge in [0.15, 0.2) is 0 Å². The van der Waals surface area contributed by atoms with Crippen LogP contribution in [0.15, 0.2) is 30.4 Å². The van der Waals surface area contributed by atoms with Crippen LogP contribution >= 0.6 is 23.2 Å². The molecule has 1 aromatic carbocycles. The van der Waals surface area contributed by atoms with E-state index in [1.807, 2.05) is 12.1 Å². The molecule has 1 aromatic rings. The monoisotopic (exact) mass is 229 g/mol. The Balaban J connectivity index is 2.68. The topological polar surface area (TPSA) is 12.0 Å². The first-order chi connectivity index (χ1) is 6.65. The highest BCUT2D eigenvalue weighted by molar-refractivity contribution is 6.43. The third-order valence-electron chi connectivity index (χ3n) is 1.98. The minimum absolute atomic E-state index is 0.568. The molecule has 1 N–H and O–H groups in total. The van der Waals surface area contributed by atoms with Crippen LogP contribution in [0.1, 0.15) is 13.3 Å². The van der Waals surface area contributed by atoms with Gasteiger partial charge in [0.1, 0.15) is 0 Å². The van der Waals surface area contributed by atoms with Crippen molar-refractivity contribution >= 4 is 28.9 Å². The van der Waals surface area contributed by atoms with E-state index < -0.39 is 0 Å². The van der Waals surface area contributed by atoms with Crippen LogP contribution in [0.3, 0.4) is 0 Å². The predicted octanol–water partition coefficient (Wildman–Crippen LogP) is 4.37. The molecule has 0 amide bonds. The largest absolute Gasteiger partial charge is 0.380 e. The van der Waals surface area contributed by atoms with Gasteiger partial charge in [0.05, 0.1) is 15.7 Å². The second-order valence-electron chi connectivity index (χ2n) is 3.06. The molecule has 14 heavy (non-hydrogen) atoms. The maximum atomic E-state index is 6.00. The molecule has 0 unspecified atom stereocenters. The van der Waals surface area contributed by atoms with Crippen LogP contribution in [0.2, 0.25) is 10.0 Å². The number of halogens is 2. The summed E-state index contributed by atoms with van der Waals surface area (Å²) in [7, 11) is 0. The first-order valence-electron chi connectivity index (χ1n) is 4.49. The zero-order valence-corrected chi connectivity index (χ0v) is 9.62. The Morgan fingerprint density at radius 2 is 2.14 bits per heavy atom. The fourth-order valence-electron chi connectivity index (χ4n) is 0.986. The van der Waals surface area contributed by atoms with Crippen molar-refractivity contribution in [3.05, 3.63) is 40.4 Å². The average molecular weight is 230 g/mol. The molecule has 1 nitrogen and oxygen atoms in total. The summed E-state index contributed by atoms with van der Waals surface area (Å²) in [6.45, 7) is 6.71. The van der Waals surface area contributed by atoms with E-state index in [-0.39, 0.29) is 0 Å². The smallest absolute Gasteiger partial charge is 0.0823 e. The molecule has 0 heterocycles. The summed E-state index contributed by atoms with van der Waals surface area (Å²) in [6.07, 6.45) is 0.963. The van der Waals surface area contributed by atoms with Gasteiger partial charge in [0, 0.05) is 6.54 Å². The van der Waals surface area contributed by atoms with E-state index in [4.69, 9.17) is 23.2 Å². The quantitative estimate of drug-likeness (QED) is 0.757. The highest BCUT2D eigenvalue weighted by atomic mass is 35.5. The number of rotatable bonds is 4. The molecule has 76 valence electrons. The van der Waals surface area contributed by atoms with Crippen LogP contribution in [0, 0.1) is 0 Å². The van der Waals surface area contributed by atoms with E-state index in [2.05, 4.69) is 18.8 Å². The summed E-state index contributed by atoms with van der Waals surface area (Å²) in [4.78, 5) is 0. The van der Waals surface area contributed by atoms with Crippen molar-refractivity contribution in [2.45, 2.75) is 13.3 Å². The lowest BCUT2D eigenvalue weighted by Crippen LogP contribution is -2.03. The third kappa shape index (κ3) is 2.93. The maximum Gasteiger partial charge on any atom is 0.0823 e. The van der Waals surface area contributed by atoms with Gasteiger partial charge < -0.3 is 5.32 Å². The molecular formula is C11H13Cl2N. The molecule has 0 fully saturated rings. The average Bonchev–Trinajstić information content (AvgIpc) is 2.20. The summed E-state index contributed by atoms with van der Waals surface area (Å²) in [5, 5.41) is 4.32. The lowest BCUT2D eigenvalue weighted by molar-refractivity contribution is 1.05. The number of hydrogen-bond acceptors (Lipinski definition) is 1. The molecule has 0 aliphatic carbocycles. The predicted molar refractivity (Wildman–Crippen MR) is 64.4 cm³/mol. The van der Waals surface area contributed by atoms with Gasteiger partial charge in [-0.2, -0.15) is 0 Å². The van der Waals surface area contributed by atoms with Crippen LogP contribution in [0.25, 0.3) is 0 Å². The van der Waals surface area contributed by atoms with Gasteiger partial charge in [-0.05, 0) is 18.6 Å². The standard InChI is InChI=1S/C11H13Cl2N/c1-3-8(2)7-14-10-6-4-5-9(12)11(10)13/h4-6,14H,2-3,7H2,1H3. The third-order valence-corrected chi connectivity index (χ3v) is 2.80. The minimum Gasteiger partial charge on any atom is -0.380 e. The summed E-state index contributed by atoms with van der Waals surface area (Å²) >= 11 is 11.9. The molecule has 0 saturated heterocycles. The second kappa shape index (κ2) is 5.28. The molecule has 0 spiro atoms. The minimum atomic E-state index is 0.568. The van der Waals surface area contributed by atoms with Gasteiger partial charge in [0.25, 0.3) is 0 Å². The van der Waals surface area contributed by atoms with E-state index in [0.717, 1.165) is 24.2 Å². The van der Waals surface area contributed by atoms with Crippen LogP contribution in [0.5, 0.6) is 0 Å². The molecule has 0 radical (unpaired) electrons. The first kappa shape index (κ1) is 11.4. The van der Waals surface area contributed by atoms with Gasteiger partial charge in [0.2, 0.25) is 0 Å². The number of anilines is 1. The fourth-order valence-corrected chi connectivity index (χ4v) is 1.35. The highest BCUT2D eigenvalue weighted by Crippen LogP contribution is 2.29. The summed E-state index contributed by atoms with van der Waals surface area (Å²) in [5.74, 6) is 0. The van der Waals surface area contributed by atoms with Crippen molar-refractivity contribution in [3.63, 3.8) is 0 Å². The maximum absolute atomic E-state index is 6.00. The molecule has 0 atom stereocenters. The van der Waals surface area contributed by atoms with Gasteiger partial charge in [-0.1, -0.05) is 48.3 Å². The Morgan fingerprint density at radius 1 is 1.43 bits per heavy atom.